The second kappa shape index (κ2) is 6.52. The van der Waals surface area contributed by atoms with Crippen LogP contribution in [0.15, 0.2) is 0 Å². The molecule has 2 rings (SSSR count). The highest BCUT2D eigenvalue weighted by molar-refractivity contribution is 7.86. The van der Waals surface area contributed by atoms with E-state index in [0.29, 0.717) is 13.1 Å². The Labute approximate surface area is 116 Å². The van der Waals surface area contributed by atoms with Crippen molar-refractivity contribution in [3.05, 3.63) is 0 Å². The molecule has 0 bridgehead atoms. The van der Waals surface area contributed by atoms with Gasteiger partial charge in [0.2, 0.25) is 0 Å². The Bertz CT molecular complexity index is 335. The van der Waals surface area contributed by atoms with Gasteiger partial charge in [0, 0.05) is 38.3 Å². The predicted molar refractivity (Wildman–Crippen MR) is 75.2 cm³/mol. The molecule has 108 valence electrons. The van der Waals surface area contributed by atoms with Crippen molar-refractivity contribution in [1.82, 2.24) is 13.9 Å². The van der Waals surface area contributed by atoms with Crippen LogP contribution in [0, 0.1) is 0 Å². The van der Waals surface area contributed by atoms with Crippen molar-refractivity contribution in [2.75, 3.05) is 26.2 Å². The van der Waals surface area contributed by atoms with E-state index in [4.69, 9.17) is 0 Å². The zero-order valence-corrected chi connectivity index (χ0v) is 12.8. The number of halogens is 1. The van der Waals surface area contributed by atoms with Gasteiger partial charge < -0.3 is 5.32 Å². The Morgan fingerprint density at radius 2 is 1.72 bits per heavy atom. The molecule has 0 aromatic carbocycles. The van der Waals surface area contributed by atoms with Gasteiger partial charge in [-0.25, -0.2) is 0 Å². The highest BCUT2D eigenvalue weighted by Crippen LogP contribution is 2.23. The van der Waals surface area contributed by atoms with Crippen LogP contribution in [0.4, 0.5) is 0 Å². The van der Waals surface area contributed by atoms with Gasteiger partial charge in [0.15, 0.2) is 0 Å². The molecule has 0 aromatic rings. The summed E-state index contributed by atoms with van der Waals surface area (Å²) in [5.74, 6) is 0. The predicted octanol–water partition coefficient (Wildman–Crippen LogP) is 0.821. The standard InChI is InChI=1S/C11H23N3O2S.ClH/c1-10-5-3-4-7-13(10)17(15,16)14-8-6-12-9-11(14)2;/h10-12H,3-9H2,1-2H3;1H. The third kappa shape index (κ3) is 3.17. The van der Waals surface area contributed by atoms with Crippen molar-refractivity contribution in [1.29, 1.82) is 0 Å². The second-order valence-electron chi connectivity index (χ2n) is 5.13. The number of hydrogen-bond acceptors (Lipinski definition) is 3. The minimum Gasteiger partial charge on any atom is -0.314 e. The second-order valence-corrected chi connectivity index (χ2v) is 6.96. The van der Waals surface area contributed by atoms with Crippen molar-refractivity contribution in [3.63, 3.8) is 0 Å². The minimum atomic E-state index is -3.26. The Balaban J connectivity index is 0.00000162. The molecular formula is C11H24ClN3O2S. The van der Waals surface area contributed by atoms with Crippen molar-refractivity contribution >= 4 is 22.6 Å². The normalized spacial score (nSPS) is 31.9. The molecule has 2 atom stereocenters. The summed E-state index contributed by atoms with van der Waals surface area (Å²) in [5, 5.41) is 3.23. The number of piperazine rings is 1. The summed E-state index contributed by atoms with van der Waals surface area (Å²) in [6.07, 6.45) is 3.12. The zero-order chi connectivity index (χ0) is 12.5. The van der Waals surface area contributed by atoms with E-state index in [-0.39, 0.29) is 24.5 Å². The molecule has 7 heteroatoms. The molecule has 0 saturated carbocycles. The van der Waals surface area contributed by atoms with Gasteiger partial charge in [-0.1, -0.05) is 6.42 Å². The molecule has 2 unspecified atom stereocenters. The van der Waals surface area contributed by atoms with Crippen LogP contribution in [0.5, 0.6) is 0 Å². The van der Waals surface area contributed by atoms with Crippen molar-refractivity contribution in [2.45, 2.75) is 45.2 Å². The molecule has 0 spiro atoms. The highest BCUT2D eigenvalue weighted by atomic mass is 35.5. The molecule has 0 radical (unpaired) electrons. The fraction of sp³-hybridized carbons (Fsp3) is 1.00. The van der Waals surface area contributed by atoms with E-state index < -0.39 is 10.2 Å². The van der Waals surface area contributed by atoms with Crippen LogP contribution in [0.1, 0.15) is 33.1 Å². The van der Waals surface area contributed by atoms with Crippen LogP contribution in [0.2, 0.25) is 0 Å². The summed E-state index contributed by atoms with van der Waals surface area (Å²) in [5.41, 5.74) is 0. The van der Waals surface area contributed by atoms with Gasteiger partial charge in [-0.3, -0.25) is 0 Å². The van der Waals surface area contributed by atoms with Gasteiger partial charge in [-0.05, 0) is 26.7 Å². The van der Waals surface area contributed by atoms with E-state index in [1.54, 1.807) is 8.61 Å². The summed E-state index contributed by atoms with van der Waals surface area (Å²) < 4.78 is 28.5. The molecule has 1 N–H and O–H groups in total. The third-order valence-corrected chi connectivity index (χ3v) is 6.05. The van der Waals surface area contributed by atoms with Gasteiger partial charge in [-0.15, -0.1) is 12.4 Å². The van der Waals surface area contributed by atoms with E-state index in [2.05, 4.69) is 5.32 Å². The smallest absolute Gasteiger partial charge is 0.282 e. The Morgan fingerprint density at radius 1 is 1.06 bits per heavy atom. The molecule has 2 aliphatic rings. The fourth-order valence-corrected chi connectivity index (χ4v) is 4.76. The molecule has 18 heavy (non-hydrogen) atoms. The average Bonchev–Trinajstić information content (AvgIpc) is 2.29. The quantitative estimate of drug-likeness (QED) is 0.821. The molecular weight excluding hydrogens is 274 g/mol. The van der Waals surface area contributed by atoms with Crippen LogP contribution in [-0.2, 0) is 10.2 Å². The summed E-state index contributed by atoms with van der Waals surface area (Å²) in [4.78, 5) is 0. The molecule has 5 nitrogen and oxygen atoms in total. The first-order valence-electron chi connectivity index (χ1n) is 6.53. The van der Waals surface area contributed by atoms with E-state index >= 15 is 0 Å². The Morgan fingerprint density at radius 3 is 2.33 bits per heavy atom. The molecule has 2 aliphatic heterocycles. The lowest BCUT2D eigenvalue weighted by Crippen LogP contribution is -2.58. The number of piperidine rings is 1. The van der Waals surface area contributed by atoms with Crippen LogP contribution in [0.25, 0.3) is 0 Å². The minimum absolute atomic E-state index is 0. The van der Waals surface area contributed by atoms with Gasteiger partial charge in [0.25, 0.3) is 10.2 Å². The average molecular weight is 298 g/mol. The number of nitrogens with one attached hydrogen (secondary N) is 1. The number of rotatable bonds is 2. The van der Waals surface area contributed by atoms with Gasteiger partial charge in [-0.2, -0.15) is 17.0 Å². The SMILES string of the molecule is CC1CCCCN1S(=O)(=O)N1CCNCC1C.Cl. The van der Waals surface area contributed by atoms with Crippen LogP contribution >= 0.6 is 12.4 Å². The molecule has 0 aliphatic carbocycles. The summed E-state index contributed by atoms with van der Waals surface area (Å²) in [7, 11) is -3.26. The summed E-state index contributed by atoms with van der Waals surface area (Å²) in [6.45, 7) is 6.77. The molecule has 0 amide bonds. The lowest BCUT2D eigenvalue weighted by molar-refractivity contribution is 0.216. The molecule has 2 saturated heterocycles. The topological polar surface area (TPSA) is 52.7 Å². The van der Waals surface area contributed by atoms with Gasteiger partial charge in [0.1, 0.15) is 0 Å². The lowest BCUT2D eigenvalue weighted by atomic mass is 10.1. The van der Waals surface area contributed by atoms with Crippen molar-refractivity contribution in [3.8, 4) is 0 Å². The van der Waals surface area contributed by atoms with Crippen molar-refractivity contribution in [2.24, 2.45) is 0 Å². The van der Waals surface area contributed by atoms with Crippen LogP contribution in [-0.4, -0.2) is 55.3 Å². The Hall–Kier alpha value is 0.120. The summed E-state index contributed by atoms with van der Waals surface area (Å²) >= 11 is 0. The number of nitrogens with zero attached hydrogens (tertiary/aromatic N) is 2. The zero-order valence-electron chi connectivity index (χ0n) is 11.1. The van der Waals surface area contributed by atoms with Gasteiger partial charge in [0.05, 0.1) is 0 Å². The lowest BCUT2D eigenvalue weighted by Gasteiger charge is -2.40. The molecule has 2 fully saturated rings. The van der Waals surface area contributed by atoms with Gasteiger partial charge >= 0.3 is 0 Å². The molecule has 2 heterocycles. The highest BCUT2D eigenvalue weighted by Gasteiger charge is 2.37. The molecule has 0 aromatic heterocycles. The van der Waals surface area contributed by atoms with Crippen LogP contribution < -0.4 is 5.32 Å². The van der Waals surface area contributed by atoms with E-state index in [9.17, 15) is 8.42 Å². The monoisotopic (exact) mass is 297 g/mol. The maximum absolute atomic E-state index is 12.6. The van der Waals surface area contributed by atoms with Crippen molar-refractivity contribution < 1.29 is 8.42 Å². The number of hydrogen-bond donors (Lipinski definition) is 1. The van der Waals surface area contributed by atoms with E-state index in [1.165, 1.54) is 0 Å². The first-order chi connectivity index (χ1) is 8.03. The third-order valence-electron chi connectivity index (χ3n) is 3.78. The largest absolute Gasteiger partial charge is 0.314 e. The Kier molecular flexibility index (Phi) is 5.86. The summed E-state index contributed by atoms with van der Waals surface area (Å²) in [6, 6.07) is 0.207. The maximum atomic E-state index is 12.6. The van der Waals surface area contributed by atoms with E-state index in [1.807, 2.05) is 13.8 Å². The first-order valence-corrected chi connectivity index (χ1v) is 7.92. The maximum Gasteiger partial charge on any atom is 0.282 e. The fourth-order valence-electron chi connectivity index (χ4n) is 2.71. The van der Waals surface area contributed by atoms with E-state index in [0.717, 1.165) is 32.4 Å². The first kappa shape index (κ1) is 16.2. The van der Waals surface area contributed by atoms with Crippen LogP contribution in [0.3, 0.4) is 0 Å².